The van der Waals surface area contributed by atoms with E-state index in [4.69, 9.17) is 5.11 Å². The van der Waals surface area contributed by atoms with Crippen molar-refractivity contribution >= 4 is 23.6 Å². The van der Waals surface area contributed by atoms with Gasteiger partial charge in [0.1, 0.15) is 6.04 Å². The number of nitrogens with one attached hydrogen (secondary N) is 1. The fourth-order valence-electron chi connectivity index (χ4n) is 0.689. The van der Waals surface area contributed by atoms with Crippen LogP contribution in [0.3, 0.4) is 0 Å². The molecule has 0 rings (SSSR count). The van der Waals surface area contributed by atoms with Gasteiger partial charge in [-0.15, -0.1) is 6.58 Å². The number of thioether (sulfide) groups is 1. The standard InChI is InChI=1S/C8H13NO3S/c1-3-4-13-5-7(8(11)12)9-6(2)10/h3,7H,1,4-5H2,2H3,(H,9,10)(H,11,12)/t7-/m1/s1. The average Bonchev–Trinajstić information content (AvgIpc) is 2.02. The molecule has 0 unspecified atom stereocenters. The maximum atomic E-state index is 10.6. The summed E-state index contributed by atoms with van der Waals surface area (Å²) >= 11 is 1.42. The van der Waals surface area contributed by atoms with Gasteiger partial charge in [0.05, 0.1) is 0 Å². The maximum absolute atomic E-state index is 10.6. The van der Waals surface area contributed by atoms with Crippen LogP contribution in [-0.2, 0) is 9.59 Å². The molecule has 0 aliphatic carbocycles. The summed E-state index contributed by atoms with van der Waals surface area (Å²) in [5.74, 6) is -0.289. The van der Waals surface area contributed by atoms with Crippen molar-refractivity contribution in [3.05, 3.63) is 12.7 Å². The molecule has 0 aromatic rings. The number of carboxylic acid groups (broad SMARTS) is 1. The van der Waals surface area contributed by atoms with Crippen molar-refractivity contribution in [2.24, 2.45) is 0 Å². The molecule has 0 saturated heterocycles. The van der Waals surface area contributed by atoms with Gasteiger partial charge >= 0.3 is 5.97 Å². The van der Waals surface area contributed by atoms with Gasteiger partial charge in [-0.25, -0.2) is 4.79 Å². The number of aliphatic carboxylic acids is 1. The zero-order valence-electron chi connectivity index (χ0n) is 7.45. The molecule has 0 spiro atoms. The van der Waals surface area contributed by atoms with Crippen LogP contribution in [0, 0.1) is 0 Å². The highest BCUT2D eigenvalue weighted by Crippen LogP contribution is 2.03. The van der Waals surface area contributed by atoms with Crippen LogP contribution in [0.4, 0.5) is 0 Å². The minimum atomic E-state index is -1.01. The summed E-state index contributed by atoms with van der Waals surface area (Å²) < 4.78 is 0. The third-order valence-corrected chi connectivity index (χ3v) is 2.24. The predicted molar refractivity (Wildman–Crippen MR) is 52.8 cm³/mol. The third-order valence-electron chi connectivity index (χ3n) is 1.20. The molecule has 1 atom stereocenters. The first-order chi connectivity index (χ1) is 6.07. The Morgan fingerprint density at radius 3 is 2.69 bits per heavy atom. The summed E-state index contributed by atoms with van der Waals surface area (Å²) in [5, 5.41) is 11.0. The second-order valence-electron chi connectivity index (χ2n) is 2.42. The Balaban J connectivity index is 3.87. The van der Waals surface area contributed by atoms with Crippen molar-refractivity contribution in [2.45, 2.75) is 13.0 Å². The predicted octanol–water partition coefficient (Wildman–Crippen LogP) is 0.495. The summed E-state index contributed by atoms with van der Waals surface area (Å²) in [6.45, 7) is 4.81. The lowest BCUT2D eigenvalue weighted by atomic mass is 10.3. The molecule has 0 aliphatic rings. The Bertz CT molecular complexity index is 206. The van der Waals surface area contributed by atoms with Gasteiger partial charge in [0, 0.05) is 18.4 Å². The minimum absolute atomic E-state index is 0.327. The summed E-state index contributed by atoms with van der Waals surface area (Å²) in [7, 11) is 0. The lowest BCUT2D eigenvalue weighted by Crippen LogP contribution is -2.41. The van der Waals surface area contributed by atoms with E-state index in [1.807, 2.05) is 0 Å². The molecule has 0 saturated carbocycles. The molecule has 0 aromatic carbocycles. The lowest BCUT2D eigenvalue weighted by Gasteiger charge is -2.11. The van der Waals surface area contributed by atoms with Gasteiger partial charge in [-0.3, -0.25) is 4.79 Å². The zero-order chi connectivity index (χ0) is 10.3. The zero-order valence-corrected chi connectivity index (χ0v) is 8.26. The highest BCUT2D eigenvalue weighted by Gasteiger charge is 2.17. The fraction of sp³-hybridized carbons (Fsp3) is 0.500. The van der Waals surface area contributed by atoms with Crippen LogP contribution in [-0.4, -0.2) is 34.5 Å². The van der Waals surface area contributed by atoms with Crippen LogP contribution in [0.5, 0.6) is 0 Å². The molecule has 0 fully saturated rings. The van der Waals surface area contributed by atoms with E-state index in [1.165, 1.54) is 18.7 Å². The molecule has 0 radical (unpaired) electrons. The molecule has 0 bridgehead atoms. The van der Waals surface area contributed by atoms with Gasteiger partial charge in [-0.05, 0) is 0 Å². The first-order valence-electron chi connectivity index (χ1n) is 3.76. The van der Waals surface area contributed by atoms with E-state index in [9.17, 15) is 9.59 Å². The number of carbonyl (C=O) groups excluding carboxylic acids is 1. The molecule has 13 heavy (non-hydrogen) atoms. The third kappa shape index (κ3) is 6.21. The largest absolute Gasteiger partial charge is 0.480 e. The number of hydrogen-bond acceptors (Lipinski definition) is 3. The molecule has 4 nitrogen and oxygen atoms in total. The van der Waals surface area contributed by atoms with Crippen molar-refractivity contribution in [1.29, 1.82) is 0 Å². The number of carbonyl (C=O) groups is 2. The van der Waals surface area contributed by atoms with E-state index in [0.717, 1.165) is 0 Å². The minimum Gasteiger partial charge on any atom is -0.480 e. The highest BCUT2D eigenvalue weighted by atomic mass is 32.2. The molecular formula is C8H13NO3S. The van der Waals surface area contributed by atoms with Gasteiger partial charge in [0.25, 0.3) is 0 Å². The molecule has 74 valence electrons. The Morgan fingerprint density at radius 1 is 1.69 bits per heavy atom. The van der Waals surface area contributed by atoms with Crippen molar-refractivity contribution in [3.8, 4) is 0 Å². The SMILES string of the molecule is C=CCSC[C@@H](NC(C)=O)C(=O)O. The number of carboxylic acids is 1. The van der Waals surface area contributed by atoms with E-state index >= 15 is 0 Å². The summed E-state index contributed by atoms with van der Waals surface area (Å²) in [6.07, 6.45) is 1.69. The Hall–Kier alpha value is -0.970. The van der Waals surface area contributed by atoms with Gasteiger partial charge in [0.15, 0.2) is 0 Å². The van der Waals surface area contributed by atoms with Crippen LogP contribution < -0.4 is 5.32 Å². The van der Waals surface area contributed by atoms with E-state index in [1.54, 1.807) is 6.08 Å². The Morgan fingerprint density at radius 2 is 2.31 bits per heavy atom. The highest BCUT2D eigenvalue weighted by molar-refractivity contribution is 7.99. The number of rotatable bonds is 6. The van der Waals surface area contributed by atoms with Crippen molar-refractivity contribution in [3.63, 3.8) is 0 Å². The van der Waals surface area contributed by atoms with Crippen molar-refractivity contribution in [2.75, 3.05) is 11.5 Å². The summed E-state index contributed by atoms with van der Waals surface area (Å²) in [6, 6.07) is -0.803. The Kier molecular flexibility index (Phi) is 6.05. The second kappa shape index (κ2) is 6.54. The summed E-state index contributed by atoms with van der Waals surface area (Å²) in [4.78, 5) is 21.2. The van der Waals surface area contributed by atoms with Crippen LogP contribution in [0.25, 0.3) is 0 Å². The van der Waals surface area contributed by atoms with Crippen LogP contribution in [0.15, 0.2) is 12.7 Å². The fourth-order valence-corrected chi connectivity index (χ4v) is 1.45. The van der Waals surface area contributed by atoms with E-state index in [-0.39, 0.29) is 5.91 Å². The number of hydrogen-bond donors (Lipinski definition) is 2. The van der Waals surface area contributed by atoms with Gasteiger partial charge in [-0.1, -0.05) is 6.08 Å². The quantitative estimate of drug-likeness (QED) is 0.487. The molecule has 0 aliphatic heterocycles. The molecular weight excluding hydrogens is 190 g/mol. The molecule has 0 aromatic heterocycles. The Labute approximate surface area is 81.4 Å². The monoisotopic (exact) mass is 203 g/mol. The molecule has 1 amide bonds. The van der Waals surface area contributed by atoms with Crippen LogP contribution in [0.2, 0.25) is 0 Å². The van der Waals surface area contributed by atoms with E-state index < -0.39 is 12.0 Å². The van der Waals surface area contributed by atoms with Crippen LogP contribution >= 0.6 is 11.8 Å². The lowest BCUT2D eigenvalue weighted by molar-refractivity contribution is -0.140. The first-order valence-corrected chi connectivity index (χ1v) is 4.92. The molecule has 2 N–H and O–H groups in total. The van der Waals surface area contributed by atoms with E-state index in [2.05, 4.69) is 11.9 Å². The van der Waals surface area contributed by atoms with Gasteiger partial charge < -0.3 is 10.4 Å². The topological polar surface area (TPSA) is 66.4 Å². The summed E-state index contributed by atoms with van der Waals surface area (Å²) in [5.41, 5.74) is 0. The average molecular weight is 203 g/mol. The van der Waals surface area contributed by atoms with E-state index in [0.29, 0.717) is 11.5 Å². The second-order valence-corrected chi connectivity index (χ2v) is 3.49. The normalized spacial score (nSPS) is 11.8. The van der Waals surface area contributed by atoms with Crippen molar-refractivity contribution in [1.82, 2.24) is 5.32 Å². The number of amides is 1. The van der Waals surface area contributed by atoms with Gasteiger partial charge in [0.2, 0.25) is 5.91 Å². The molecule has 0 heterocycles. The maximum Gasteiger partial charge on any atom is 0.327 e. The van der Waals surface area contributed by atoms with Crippen molar-refractivity contribution < 1.29 is 14.7 Å². The van der Waals surface area contributed by atoms with Gasteiger partial charge in [-0.2, -0.15) is 11.8 Å². The van der Waals surface area contributed by atoms with Crippen LogP contribution in [0.1, 0.15) is 6.92 Å². The molecule has 5 heteroatoms. The smallest absolute Gasteiger partial charge is 0.327 e. The first kappa shape index (κ1) is 12.0.